The van der Waals surface area contributed by atoms with E-state index in [9.17, 15) is 37.6 Å². The Hall–Kier alpha value is -4.43. The second-order valence-electron chi connectivity index (χ2n) is 16.1. The van der Waals surface area contributed by atoms with Gasteiger partial charge in [0, 0.05) is 62.8 Å². The minimum absolute atomic E-state index is 0.00777. The number of nitrogens with zero attached hydrogens (tertiary/aromatic N) is 5. The number of carbonyl (C=O) groups excluding carboxylic acids is 4. The molecule has 6 rings (SSSR count). The Bertz CT molecular complexity index is 1900. The molecule has 0 bridgehead atoms. The van der Waals surface area contributed by atoms with Crippen LogP contribution in [-0.4, -0.2) is 106 Å². The van der Waals surface area contributed by atoms with Gasteiger partial charge in [-0.15, -0.1) is 0 Å². The highest BCUT2D eigenvalue weighted by atomic mass is 32.1. The van der Waals surface area contributed by atoms with E-state index in [1.165, 1.54) is 11.0 Å². The molecule has 4 aliphatic rings. The van der Waals surface area contributed by atoms with Gasteiger partial charge < -0.3 is 15.0 Å². The van der Waals surface area contributed by atoms with Crippen molar-refractivity contribution in [1.29, 1.82) is 5.26 Å². The first-order valence-corrected chi connectivity index (χ1v) is 20.0. The van der Waals surface area contributed by atoms with Crippen LogP contribution in [0.3, 0.4) is 0 Å². The first kappa shape index (κ1) is 42.2. The highest BCUT2D eigenvalue weighted by molar-refractivity contribution is 7.80. The molecule has 1 unspecified atom stereocenters. The van der Waals surface area contributed by atoms with Gasteiger partial charge in [0.15, 0.2) is 5.11 Å². The van der Waals surface area contributed by atoms with E-state index in [1.807, 2.05) is 17.0 Å². The molecule has 57 heavy (non-hydrogen) atoms. The smallest absolute Gasteiger partial charge is 0.377 e. The summed E-state index contributed by atoms with van der Waals surface area (Å²) >= 11 is 5.74. The molecule has 1 aliphatic carbocycles. The molecule has 0 spiro atoms. The lowest BCUT2D eigenvalue weighted by molar-refractivity contribution is -0.138. The van der Waals surface area contributed by atoms with Crippen LogP contribution in [0, 0.1) is 11.3 Å². The minimum Gasteiger partial charge on any atom is -0.377 e. The first-order valence-electron chi connectivity index (χ1n) is 19.6. The van der Waals surface area contributed by atoms with Crippen LogP contribution < -0.4 is 15.5 Å². The molecular formula is C41H50F3N7O5S. The standard InChI is InChI=1S/C41H50F3N7O5S/c1-25-23-48(24-26(2)49(25)18-17-36(53)46-29-8-5-27(6-9-29)33-15-16-35(52)47-37(33)54)19-20-56-32-13-11-30(12-14-32)51-39(57)50(38(55)40(51,3)4)31-10-7-28(22-45)34(21-31)41(42,43)44/h5-10,21,25-26,30,32-33H,11-20,23-24H2,1-4H3,(H,46,53)(H,47,52,54)/t25-,26+,30-,32-,33?. The van der Waals surface area contributed by atoms with Crippen LogP contribution in [0.25, 0.3) is 0 Å². The number of piperazine rings is 1. The topological polar surface area (TPSA) is 138 Å². The Kier molecular flexibility index (Phi) is 12.7. The third-order valence-electron chi connectivity index (χ3n) is 11.8. The number of halogens is 3. The Labute approximate surface area is 336 Å². The second-order valence-corrected chi connectivity index (χ2v) is 16.5. The maximum atomic E-state index is 13.7. The predicted molar refractivity (Wildman–Crippen MR) is 211 cm³/mol. The van der Waals surface area contributed by atoms with Gasteiger partial charge in [0.05, 0.1) is 41.5 Å². The molecule has 0 aromatic heterocycles. The van der Waals surface area contributed by atoms with Crippen LogP contribution >= 0.6 is 12.2 Å². The van der Waals surface area contributed by atoms with Gasteiger partial charge >= 0.3 is 6.18 Å². The van der Waals surface area contributed by atoms with E-state index in [1.54, 1.807) is 32.0 Å². The predicted octanol–water partition coefficient (Wildman–Crippen LogP) is 5.56. The molecule has 306 valence electrons. The van der Waals surface area contributed by atoms with E-state index >= 15 is 0 Å². The fraction of sp³-hybridized carbons (Fsp3) is 0.561. The van der Waals surface area contributed by atoms with Crippen LogP contribution in [0.1, 0.15) is 95.2 Å². The molecule has 4 amide bonds. The number of benzene rings is 2. The summed E-state index contributed by atoms with van der Waals surface area (Å²) in [7, 11) is 0. The van der Waals surface area contributed by atoms with Crippen molar-refractivity contribution in [2.75, 3.05) is 43.0 Å². The quantitative estimate of drug-likeness (QED) is 0.219. The number of thiocarbonyl (C=S) groups is 1. The number of nitriles is 1. The van der Waals surface area contributed by atoms with E-state index in [2.05, 4.69) is 34.3 Å². The summed E-state index contributed by atoms with van der Waals surface area (Å²) in [5.74, 6) is -1.41. The fourth-order valence-electron chi connectivity index (χ4n) is 8.83. The first-order chi connectivity index (χ1) is 27.0. The summed E-state index contributed by atoms with van der Waals surface area (Å²) in [5.41, 5.74) is -1.22. The van der Waals surface area contributed by atoms with E-state index < -0.39 is 28.7 Å². The van der Waals surface area contributed by atoms with Crippen LogP contribution in [0.5, 0.6) is 0 Å². The van der Waals surface area contributed by atoms with Gasteiger partial charge in [-0.25, -0.2) is 0 Å². The lowest BCUT2D eigenvalue weighted by Gasteiger charge is -2.44. The van der Waals surface area contributed by atoms with E-state index in [-0.39, 0.29) is 58.7 Å². The summed E-state index contributed by atoms with van der Waals surface area (Å²) in [6.45, 7) is 11.5. The highest BCUT2D eigenvalue weighted by Gasteiger charge is 2.52. The largest absolute Gasteiger partial charge is 0.417 e. The normalized spacial score (nSPS) is 26.0. The zero-order chi connectivity index (χ0) is 41.2. The van der Waals surface area contributed by atoms with E-state index in [4.69, 9.17) is 17.0 Å². The molecule has 12 nitrogen and oxygen atoms in total. The number of alkyl halides is 3. The van der Waals surface area contributed by atoms with Crippen molar-refractivity contribution in [3.8, 4) is 6.07 Å². The summed E-state index contributed by atoms with van der Waals surface area (Å²) in [6.07, 6.45) is -0.643. The Balaban J connectivity index is 0.923. The lowest BCUT2D eigenvalue weighted by Crippen LogP contribution is -2.57. The Morgan fingerprint density at radius 1 is 1.00 bits per heavy atom. The molecule has 16 heteroatoms. The zero-order valence-electron chi connectivity index (χ0n) is 32.7. The van der Waals surface area contributed by atoms with Crippen LogP contribution in [0.4, 0.5) is 24.5 Å². The molecule has 3 atom stereocenters. The Morgan fingerprint density at radius 2 is 1.67 bits per heavy atom. The van der Waals surface area contributed by atoms with Gasteiger partial charge in [0.2, 0.25) is 17.7 Å². The number of piperidine rings is 1. The number of imide groups is 1. The molecule has 3 heterocycles. The average Bonchev–Trinajstić information content (AvgIpc) is 3.33. The number of amides is 4. The monoisotopic (exact) mass is 809 g/mol. The fourth-order valence-corrected chi connectivity index (χ4v) is 9.39. The number of rotatable bonds is 11. The maximum absolute atomic E-state index is 13.7. The molecule has 3 saturated heterocycles. The summed E-state index contributed by atoms with van der Waals surface area (Å²) in [6, 6.07) is 12.4. The molecule has 2 aromatic carbocycles. The summed E-state index contributed by atoms with van der Waals surface area (Å²) < 4.78 is 47.5. The molecule has 3 aliphatic heterocycles. The van der Waals surface area contributed by atoms with Crippen molar-refractivity contribution in [1.82, 2.24) is 20.0 Å². The van der Waals surface area contributed by atoms with Crippen molar-refractivity contribution >= 4 is 52.3 Å². The second kappa shape index (κ2) is 17.2. The molecule has 0 radical (unpaired) electrons. The Morgan fingerprint density at radius 3 is 2.28 bits per heavy atom. The minimum atomic E-state index is -4.76. The van der Waals surface area contributed by atoms with Crippen LogP contribution in [-0.2, 0) is 30.1 Å². The van der Waals surface area contributed by atoms with Crippen molar-refractivity contribution in [2.24, 2.45) is 0 Å². The lowest BCUT2D eigenvalue weighted by atomic mass is 9.89. The summed E-state index contributed by atoms with van der Waals surface area (Å²) in [5, 5.41) is 14.7. The van der Waals surface area contributed by atoms with E-state index in [0.29, 0.717) is 50.9 Å². The number of nitrogens with one attached hydrogen (secondary N) is 2. The number of anilines is 2. The third kappa shape index (κ3) is 9.33. The van der Waals surface area contributed by atoms with Gasteiger partial charge in [-0.2, -0.15) is 18.4 Å². The van der Waals surface area contributed by atoms with Crippen molar-refractivity contribution in [2.45, 2.75) is 115 Å². The van der Waals surface area contributed by atoms with Crippen LogP contribution in [0.15, 0.2) is 42.5 Å². The number of carbonyl (C=O) groups is 4. The SMILES string of the molecule is C[C@@H]1CN(CCO[C@H]2CC[C@H](N3C(=S)N(c4ccc(C#N)c(C(F)(F)F)c4)C(=O)C3(C)C)CC2)C[C@H](C)N1CCC(=O)Nc1ccc(C2CCC(=O)NC2=O)cc1. The highest BCUT2D eigenvalue weighted by Crippen LogP contribution is 2.41. The van der Waals surface area contributed by atoms with Gasteiger partial charge in [0.1, 0.15) is 5.54 Å². The maximum Gasteiger partial charge on any atom is 0.417 e. The molecule has 4 fully saturated rings. The number of ether oxygens (including phenoxy) is 1. The average molecular weight is 810 g/mol. The molecule has 2 N–H and O–H groups in total. The van der Waals surface area contributed by atoms with Crippen molar-refractivity contribution in [3.63, 3.8) is 0 Å². The van der Waals surface area contributed by atoms with Crippen molar-refractivity contribution < 1.29 is 37.1 Å². The van der Waals surface area contributed by atoms with Gasteiger partial charge in [0.25, 0.3) is 5.91 Å². The third-order valence-corrected chi connectivity index (χ3v) is 12.2. The molecular weight excluding hydrogens is 760 g/mol. The van der Waals surface area contributed by atoms with Crippen molar-refractivity contribution in [3.05, 3.63) is 59.2 Å². The number of hydrogen-bond donors (Lipinski definition) is 2. The summed E-state index contributed by atoms with van der Waals surface area (Å²) in [4.78, 5) is 57.9. The van der Waals surface area contributed by atoms with E-state index in [0.717, 1.165) is 50.2 Å². The number of hydrogen-bond acceptors (Lipinski definition) is 9. The molecule has 1 saturated carbocycles. The van der Waals surface area contributed by atoms with Gasteiger partial charge in [-0.1, -0.05) is 12.1 Å². The zero-order valence-corrected chi connectivity index (χ0v) is 33.5. The van der Waals surface area contributed by atoms with Gasteiger partial charge in [-0.3, -0.25) is 39.2 Å². The molecule has 2 aromatic rings. The van der Waals surface area contributed by atoms with Gasteiger partial charge in [-0.05, 0) is 108 Å². The van der Waals surface area contributed by atoms with Crippen LogP contribution in [0.2, 0.25) is 0 Å².